The summed E-state index contributed by atoms with van der Waals surface area (Å²) >= 11 is 2.99. The van der Waals surface area contributed by atoms with E-state index in [4.69, 9.17) is 0 Å². The van der Waals surface area contributed by atoms with Crippen LogP contribution < -0.4 is 5.32 Å². The Labute approximate surface area is 128 Å². The highest BCUT2D eigenvalue weighted by Crippen LogP contribution is 2.30. The SMILES string of the molecule is CCCNC(C)(CC(C)Sc1nc(CC)ns1)C(=O)O. The highest BCUT2D eigenvalue weighted by Gasteiger charge is 2.34. The fourth-order valence-corrected chi connectivity index (χ4v) is 4.05. The van der Waals surface area contributed by atoms with E-state index < -0.39 is 11.5 Å². The van der Waals surface area contributed by atoms with Crippen LogP contribution >= 0.6 is 23.3 Å². The van der Waals surface area contributed by atoms with E-state index in [1.165, 1.54) is 11.5 Å². The molecule has 0 aliphatic heterocycles. The summed E-state index contributed by atoms with van der Waals surface area (Å²) in [5, 5.41) is 12.7. The topological polar surface area (TPSA) is 75.1 Å². The first-order valence-electron chi connectivity index (χ1n) is 6.89. The van der Waals surface area contributed by atoms with E-state index in [1.54, 1.807) is 18.7 Å². The molecule has 0 aromatic carbocycles. The van der Waals surface area contributed by atoms with E-state index in [0.29, 0.717) is 13.0 Å². The number of hydrogen-bond acceptors (Lipinski definition) is 6. The number of hydrogen-bond donors (Lipinski definition) is 2. The average Bonchev–Trinajstić information content (AvgIpc) is 2.83. The number of nitrogens with one attached hydrogen (secondary N) is 1. The van der Waals surface area contributed by atoms with Crippen molar-refractivity contribution in [3.05, 3.63) is 5.82 Å². The van der Waals surface area contributed by atoms with Gasteiger partial charge in [0.15, 0.2) is 4.34 Å². The lowest BCUT2D eigenvalue weighted by Crippen LogP contribution is -2.51. The van der Waals surface area contributed by atoms with Crippen molar-refractivity contribution in [3.8, 4) is 0 Å². The Morgan fingerprint density at radius 1 is 1.55 bits per heavy atom. The normalized spacial score (nSPS) is 15.8. The quantitative estimate of drug-likeness (QED) is 0.682. The molecule has 114 valence electrons. The second kappa shape index (κ2) is 7.95. The summed E-state index contributed by atoms with van der Waals surface area (Å²) in [6.45, 7) is 8.54. The standard InChI is InChI=1S/C13H23N3O2S2/c1-5-7-14-13(4,11(17)18)8-9(3)19-12-15-10(6-2)16-20-12/h9,14H,5-8H2,1-4H3,(H,17,18). The monoisotopic (exact) mass is 317 g/mol. The molecule has 0 bridgehead atoms. The zero-order chi connectivity index (χ0) is 15.2. The van der Waals surface area contributed by atoms with Gasteiger partial charge in [-0.3, -0.25) is 4.79 Å². The molecule has 0 fully saturated rings. The number of thioether (sulfide) groups is 1. The predicted molar refractivity (Wildman–Crippen MR) is 83.6 cm³/mol. The Kier molecular flexibility index (Phi) is 6.91. The summed E-state index contributed by atoms with van der Waals surface area (Å²) < 4.78 is 5.16. The third-order valence-corrected chi connectivity index (χ3v) is 4.92. The van der Waals surface area contributed by atoms with Gasteiger partial charge in [-0.2, -0.15) is 4.37 Å². The van der Waals surface area contributed by atoms with Gasteiger partial charge in [-0.05, 0) is 37.8 Å². The Morgan fingerprint density at radius 3 is 2.75 bits per heavy atom. The van der Waals surface area contributed by atoms with Crippen molar-refractivity contribution >= 4 is 29.3 Å². The maximum atomic E-state index is 11.5. The number of carboxylic acid groups (broad SMARTS) is 1. The Hall–Kier alpha value is -0.660. The molecule has 0 aliphatic rings. The van der Waals surface area contributed by atoms with Crippen LogP contribution in [0.5, 0.6) is 0 Å². The van der Waals surface area contributed by atoms with Gasteiger partial charge >= 0.3 is 5.97 Å². The number of rotatable bonds is 9. The van der Waals surface area contributed by atoms with Crippen molar-refractivity contribution in [2.24, 2.45) is 0 Å². The van der Waals surface area contributed by atoms with Crippen LogP contribution in [0, 0.1) is 0 Å². The summed E-state index contributed by atoms with van der Waals surface area (Å²) in [7, 11) is 0. The van der Waals surface area contributed by atoms with Crippen molar-refractivity contribution < 1.29 is 9.90 Å². The molecule has 7 heteroatoms. The van der Waals surface area contributed by atoms with Crippen molar-refractivity contribution in [2.45, 2.75) is 62.1 Å². The Morgan fingerprint density at radius 2 is 2.25 bits per heavy atom. The van der Waals surface area contributed by atoms with E-state index in [9.17, 15) is 9.90 Å². The Bertz CT molecular complexity index is 439. The van der Waals surface area contributed by atoms with Gasteiger partial charge in [-0.25, -0.2) is 4.98 Å². The second-order valence-electron chi connectivity index (χ2n) is 5.03. The summed E-state index contributed by atoms with van der Waals surface area (Å²) in [6.07, 6.45) is 2.30. The number of aryl methyl sites for hydroxylation is 1. The maximum Gasteiger partial charge on any atom is 0.323 e. The fourth-order valence-electron chi connectivity index (χ4n) is 1.85. The van der Waals surface area contributed by atoms with Crippen molar-refractivity contribution in [1.82, 2.24) is 14.7 Å². The zero-order valence-corrected chi connectivity index (χ0v) is 14.1. The van der Waals surface area contributed by atoms with Crippen LogP contribution in [-0.4, -0.2) is 37.8 Å². The first kappa shape index (κ1) is 17.4. The summed E-state index contributed by atoms with van der Waals surface area (Å²) in [6, 6.07) is 0. The average molecular weight is 317 g/mol. The van der Waals surface area contributed by atoms with E-state index in [1.807, 2.05) is 20.8 Å². The van der Waals surface area contributed by atoms with Crippen LogP contribution in [0.2, 0.25) is 0 Å². The van der Waals surface area contributed by atoms with Crippen LogP contribution in [0.15, 0.2) is 4.34 Å². The molecule has 0 saturated carbocycles. The smallest absolute Gasteiger partial charge is 0.323 e. The van der Waals surface area contributed by atoms with Crippen LogP contribution in [0.1, 0.15) is 46.4 Å². The van der Waals surface area contributed by atoms with Gasteiger partial charge in [0, 0.05) is 11.7 Å². The lowest BCUT2D eigenvalue weighted by molar-refractivity contribution is -0.144. The minimum absolute atomic E-state index is 0.165. The second-order valence-corrected chi connectivity index (χ2v) is 7.46. The lowest BCUT2D eigenvalue weighted by atomic mass is 9.96. The van der Waals surface area contributed by atoms with E-state index in [-0.39, 0.29) is 5.25 Å². The molecular weight excluding hydrogens is 294 g/mol. The van der Waals surface area contributed by atoms with Crippen molar-refractivity contribution in [2.75, 3.05) is 6.54 Å². The molecule has 0 amide bonds. The third-order valence-electron chi connectivity index (χ3n) is 3.00. The molecule has 2 atom stereocenters. The first-order chi connectivity index (χ1) is 9.41. The molecular formula is C13H23N3O2S2. The number of aromatic nitrogens is 2. The highest BCUT2D eigenvalue weighted by atomic mass is 32.2. The van der Waals surface area contributed by atoms with Crippen LogP contribution in [-0.2, 0) is 11.2 Å². The molecule has 0 spiro atoms. The van der Waals surface area contributed by atoms with Gasteiger partial charge in [-0.1, -0.05) is 32.5 Å². The van der Waals surface area contributed by atoms with E-state index in [0.717, 1.165) is 23.0 Å². The van der Waals surface area contributed by atoms with Crippen LogP contribution in [0.4, 0.5) is 0 Å². The van der Waals surface area contributed by atoms with Gasteiger partial charge in [0.1, 0.15) is 11.4 Å². The molecule has 1 rings (SSSR count). The van der Waals surface area contributed by atoms with Gasteiger partial charge in [-0.15, -0.1) is 0 Å². The van der Waals surface area contributed by atoms with Gasteiger partial charge in [0.2, 0.25) is 0 Å². The van der Waals surface area contributed by atoms with Crippen LogP contribution in [0.25, 0.3) is 0 Å². The number of aliphatic carboxylic acids is 1. The minimum Gasteiger partial charge on any atom is -0.480 e. The van der Waals surface area contributed by atoms with Crippen molar-refractivity contribution in [3.63, 3.8) is 0 Å². The van der Waals surface area contributed by atoms with Gasteiger partial charge in [0.25, 0.3) is 0 Å². The van der Waals surface area contributed by atoms with Crippen molar-refractivity contribution in [1.29, 1.82) is 0 Å². The molecule has 5 nitrogen and oxygen atoms in total. The summed E-state index contributed by atoms with van der Waals surface area (Å²) in [5.74, 6) is 0.0553. The molecule has 1 aromatic rings. The fraction of sp³-hybridized carbons (Fsp3) is 0.769. The Balaban J connectivity index is 2.61. The molecule has 0 aliphatic carbocycles. The lowest BCUT2D eigenvalue weighted by Gasteiger charge is -2.28. The molecule has 0 saturated heterocycles. The van der Waals surface area contributed by atoms with E-state index in [2.05, 4.69) is 14.7 Å². The molecule has 1 heterocycles. The number of carboxylic acids is 1. The number of carbonyl (C=O) groups is 1. The molecule has 2 N–H and O–H groups in total. The largest absolute Gasteiger partial charge is 0.480 e. The van der Waals surface area contributed by atoms with E-state index >= 15 is 0 Å². The minimum atomic E-state index is -0.888. The molecule has 20 heavy (non-hydrogen) atoms. The summed E-state index contributed by atoms with van der Waals surface area (Å²) in [5.41, 5.74) is -0.888. The zero-order valence-electron chi connectivity index (χ0n) is 12.5. The number of nitrogens with zero attached hydrogens (tertiary/aromatic N) is 2. The molecule has 2 unspecified atom stereocenters. The van der Waals surface area contributed by atoms with Gasteiger partial charge in [0.05, 0.1) is 0 Å². The predicted octanol–water partition coefficient (Wildman–Crippen LogP) is 2.81. The highest BCUT2D eigenvalue weighted by molar-refractivity contribution is 8.01. The molecule has 0 radical (unpaired) electrons. The summed E-state index contributed by atoms with van der Waals surface area (Å²) in [4.78, 5) is 15.9. The van der Waals surface area contributed by atoms with Crippen LogP contribution in [0.3, 0.4) is 0 Å². The first-order valence-corrected chi connectivity index (χ1v) is 8.54. The maximum absolute atomic E-state index is 11.5. The third kappa shape index (κ3) is 5.03. The molecule has 1 aromatic heterocycles. The van der Waals surface area contributed by atoms with Gasteiger partial charge < -0.3 is 10.4 Å².